The molecular formula is C15H24O. The number of fused-ring (bicyclic) bond motifs is 1. The molecule has 0 radical (unpaired) electrons. The molecule has 4 atom stereocenters. The highest BCUT2D eigenvalue weighted by Crippen LogP contribution is 2.52. The lowest BCUT2D eigenvalue weighted by Crippen LogP contribution is -2.47. The summed E-state index contributed by atoms with van der Waals surface area (Å²) in [5, 5.41) is 10.6. The van der Waals surface area contributed by atoms with Gasteiger partial charge in [0.2, 0.25) is 0 Å². The normalized spacial score (nSPS) is 43.5. The molecule has 1 fully saturated rings. The monoisotopic (exact) mass is 220 g/mol. The molecule has 2 aliphatic carbocycles. The molecule has 0 amide bonds. The van der Waals surface area contributed by atoms with Crippen molar-refractivity contribution in [1.82, 2.24) is 0 Å². The lowest BCUT2D eigenvalue weighted by Gasteiger charge is -2.50. The van der Waals surface area contributed by atoms with Crippen LogP contribution in [0, 0.1) is 17.3 Å². The Morgan fingerprint density at radius 3 is 2.81 bits per heavy atom. The van der Waals surface area contributed by atoms with Gasteiger partial charge in [0.25, 0.3) is 0 Å². The van der Waals surface area contributed by atoms with Crippen LogP contribution < -0.4 is 0 Å². The maximum absolute atomic E-state index is 10.6. The Morgan fingerprint density at radius 1 is 1.50 bits per heavy atom. The molecule has 1 N–H and O–H groups in total. The van der Waals surface area contributed by atoms with Gasteiger partial charge < -0.3 is 5.11 Å². The number of aliphatic hydroxyl groups is 1. The van der Waals surface area contributed by atoms with Crippen LogP contribution in [0.4, 0.5) is 0 Å². The molecule has 2 aliphatic rings. The van der Waals surface area contributed by atoms with Crippen molar-refractivity contribution >= 4 is 0 Å². The molecule has 1 saturated carbocycles. The topological polar surface area (TPSA) is 20.2 Å². The Hall–Kier alpha value is -0.560. The number of allylic oxidation sites excluding steroid dienone is 1. The van der Waals surface area contributed by atoms with E-state index in [1.165, 1.54) is 24.8 Å². The summed E-state index contributed by atoms with van der Waals surface area (Å²) >= 11 is 0. The Balaban J connectivity index is 2.30. The molecule has 90 valence electrons. The second kappa shape index (κ2) is 4.03. The Bertz CT molecular complexity index is 328. The minimum absolute atomic E-state index is 0.215. The molecule has 1 heteroatoms. The van der Waals surface area contributed by atoms with Crippen molar-refractivity contribution in [1.29, 1.82) is 0 Å². The summed E-state index contributed by atoms with van der Waals surface area (Å²) < 4.78 is 0. The average molecular weight is 220 g/mol. The standard InChI is InChI=1S/C15H24O/c1-10(2)12-7-9-15(4)8-5-6-11(3)13(15)14(12)16/h6,12-14,16H,1,5,7-9H2,2-4H3/t12?,13?,14-,15?/m0/s1. The Kier molecular flexibility index (Phi) is 3.00. The van der Waals surface area contributed by atoms with Gasteiger partial charge in [0, 0.05) is 11.8 Å². The van der Waals surface area contributed by atoms with Crippen molar-refractivity contribution in [2.24, 2.45) is 17.3 Å². The van der Waals surface area contributed by atoms with Crippen molar-refractivity contribution in [2.45, 2.75) is 52.6 Å². The molecule has 0 aromatic rings. The zero-order chi connectivity index (χ0) is 11.9. The minimum atomic E-state index is -0.215. The fraction of sp³-hybridized carbons (Fsp3) is 0.733. The van der Waals surface area contributed by atoms with Gasteiger partial charge in [0.15, 0.2) is 0 Å². The summed E-state index contributed by atoms with van der Waals surface area (Å²) in [7, 11) is 0. The number of hydrogen-bond donors (Lipinski definition) is 1. The van der Waals surface area contributed by atoms with Crippen molar-refractivity contribution < 1.29 is 5.11 Å². The van der Waals surface area contributed by atoms with Crippen LogP contribution in [0.2, 0.25) is 0 Å². The quantitative estimate of drug-likeness (QED) is 0.668. The van der Waals surface area contributed by atoms with E-state index in [1.807, 2.05) is 0 Å². The van der Waals surface area contributed by atoms with Gasteiger partial charge in [-0.3, -0.25) is 0 Å². The highest BCUT2D eigenvalue weighted by molar-refractivity contribution is 5.20. The third-order valence-electron chi connectivity index (χ3n) is 4.84. The van der Waals surface area contributed by atoms with E-state index in [2.05, 4.69) is 33.4 Å². The average Bonchev–Trinajstić information content (AvgIpc) is 2.16. The smallest absolute Gasteiger partial charge is 0.0675 e. The molecule has 0 bridgehead atoms. The fourth-order valence-corrected chi connectivity index (χ4v) is 3.85. The molecule has 0 aromatic carbocycles. The first-order valence-corrected chi connectivity index (χ1v) is 6.46. The maximum Gasteiger partial charge on any atom is 0.0675 e. The van der Waals surface area contributed by atoms with E-state index in [9.17, 15) is 5.11 Å². The maximum atomic E-state index is 10.6. The van der Waals surface area contributed by atoms with Crippen molar-refractivity contribution in [3.63, 3.8) is 0 Å². The summed E-state index contributed by atoms with van der Waals surface area (Å²) in [6, 6.07) is 0. The molecule has 0 saturated heterocycles. The van der Waals surface area contributed by atoms with Crippen molar-refractivity contribution in [3.05, 3.63) is 23.8 Å². The van der Waals surface area contributed by atoms with Crippen LogP contribution in [0.25, 0.3) is 0 Å². The lowest BCUT2D eigenvalue weighted by molar-refractivity contribution is -0.0356. The zero-order valence-electron chi connectivity index (χ0n) is 10.8. The van der Waals surface area contributed by atoms with E-state index < -0.39 is 0 Å². The molecule has 1 nitrogen and oxygen atoms in total. The van der Waals surface area contributed by atoms with Gasteiger partial charge in [0.1, 0.15) is 0 Å². The zero-order valence-corrected chi connectivity index (χ0v) is 10.8. The van der Waals surface area contributed by atoms with E-state index >= 15 is 0 Å². The van der Waals surface area contributed by atoms with Gasteiger partial charge in [0.05, 0.1) is 6.10 Å². The van der Waals surface area contributed by atoms with Gasteiger partial charge in [-0.1, -0.05) is 30.7 Å². The van der Waals surface area contributed by atoms with Gasteiger partial charge in [-0.05, 0) is 44.9 Å². The molecule has 0 spiro atoms. The molecular weight excluding hydrogens is 196 g/mol. The molecule has 0 aliphatic heterocycles. The van der Waals surface area contributed by atoms with E-state index in [1.54, 1.807) is 0 Å². The summed E-state index contributed by atoms with van der Waals surface area (Å²) in [5.41, 5.74) is 2.87. The van der Waals surface area contributed by atoms with E-state index in [0.717, 1.165) is 12.0 Å². The lowest BCUT2D eigenvalue weighted by atomic mass is 9.56. The predicted octanol–water partition coefficient (Wildman–Crippen LogP) is 3.70. The van der Waals surface area contributed by atoms with Crippen molar-refractivity contribution in [3.8, 4) is 0 Å². The largest absolute Gasteiger partial charge is 0.392 e. The predicted molar refractivity (Wildman–Crippen MR) is 68.1 cm³/mol. The Labute approximate surface area is 99.3 Å². The first-order chi connectivity index (χ1) is 7.46. The Morgan fingerprint density at radius 2 is 2.19 bits per heavy atom. The third kappa shape index (κ3) is 1.75. The van der Waals surface area contributed by atoms with Gasteiger partial charge in [-0.15, -0.1) is 0 Å². The van der Waals surface area contributed by atoms with Crippen LogP contribution in [0.15, 0.2) is 23.8 Å². The molecule has 2 rings (SSSR count). The van der Waals surface area contributed by atoms with Crippen LogP contribution in [0.1, 0.15) is 46.5 Å². The minimum Gasteiger partial charge on any atom is -0.392 e. The van der Waals surface area contributed by atoms with E-state index in [4.69, 9.17) is 0 Å². The number of rotatable bonds is 1. The highest BCUT2D eigenvalue weighted by atomic mass is 16.3. The van der Waals surface area contributed by atoms with Gasteiger partial charge in [-0.2, -0.15) is 0 Å². The molecule has 0 aromatic heterocycles. The van der Waals surface area contributed by atoms with Gasteiger partial charge >= 0.3 is 0 Å². The second-order valence-corrected chi connectivity index (χ2v) is 6.10. The van der Waals surface area contributed by atoms with Crippen LogP contribution in [-0.2, 0) is 0 Å². The first kappa shape index (κ1) is 11.9. The van der Waals surface area contributed by atoms with E-state index in [-0.39, 0.29) is 6.10 Å². The summed E-state index contributed by atoms with van der Waals surface area (Å²) in [6.07, 6.45) is 6.86. The molecule has 0 heterocycles. The summed E-state index contributed by atoms with van der Waals surface area (Å²) in [4.78, 5) is 0. The molecule has 16 heavy (non-hydrogen) atoms. The first-order valence-electron chi connectivity index (χ1n) is 6.46. The SMILES string of the molecule is C=C(C)C1CCC2(C)CCC=C(C)C2[C@H]1O. The van der Waals surface area contributed by atoms with Gasteiger partial charge in [-0.25, -0.2) is 0 Å². The summed E-state index contributed by atoms with van der Waals surface area (Å²) in [6.45, 7) is 10.6. The molecule has 3 unspecified atom stereocenters. The third-order valence-corrected chi connectivity index (χ3v) is 4.84. The van der Waals surface area contributed by atoms with Crippen molar-refractivity contribution in [2.75, 3.05) is 0 Å². The van der Waals surface area contributed by atoms with Crippen LogP contribution >= 0.6 is 0 Å². The number of hydrogen-bond acceptors (Lipinski definition) is 1. The number of aliphatic hydroxyl groups excluding tert-OH is 1. The van der Waals surface area contributed by atoms with Crippen LogP contribution in [-0.4, -0.2) is 11.2 Å². The highest BCUT2D eigenvalue weighted by Gasteiger charge is 2.47. The van der Waals surface area contributed by atoms with E-state index in [0.29, 0.717) is 17.3 Å². The second-order valence-electron chi connectivity index (χ2n) is 6.10. The summed E-state index contributed by atoms with van der Waals surface area (Å²) in [5.74, 6) is 0.663. The van der Waals surface area contributed by atoms with Crippen LogP contribution in [0.5, 0.6) is 0 Å². The fourth-order valence-electron chi connectivity index (χ4n) is 3.85. The van der Waals surface area contributed by atoms with Crippen LogP contribution in [0.3, 0.4) is 0 Å².